The second-order valence-corrected chi connectivity index (χ2v) is 7.56. The van der Waals surface area contributed by atoms with Crippen LogP contribution in [-0.4, -0.2) is 26.3 Å². The Kier molecular flexibility index (Phi) is 4.91. The number of carbonyl (C=O) groups is 1. The number of fused-ring (bicyclic) bond motifs is 2. The summed E-state index contributed by atoms with van der Waals surface area (Å²) in [5.41, 5.74) is 9.15. The number of aryl methyl sites for hydroxylation is 1. The lowest BCUT2D eigenvalue weighted by Gasteiger charge is -2.14. The molecule has 8 nitrogen and oxygen atoms in total. The molecule has 0 fully saturated rings. The van der Waals surface area contributed by atoms with Crippen molar-refractivity contribution in [2.75, 3.05) is 5.73 Å². The lowest BCUT2D eigenvalue weighted by atomic mass is 10.1. The van der Waals surface area contributed by atoms with Gasteiger partial charge in [0, 0.05) is 35.8 Å². The van der Waals surface area contributed by atoms with Crippen LogP contribution >= 0.6 is 0 Å². The van der Waals surface area contributed by atoms with E-state index in [1.54, 1.807) is 29.2 Å². The van der Waals surface area contributed by atoms with Gasteiger partial charge in [-0.3, -0.25) is 19.0 Å². The van der Waals surface area contributed by atoms with E-state index in [1.165, 1.54) is 10.5 Å². The minimum absolute atomic E-state index is 0.0714. The molecule has 1 amide bonds. The topological polar surface area (TPSA) is 106 Å². The van der Waals surface area contributed by atoms with Gasteiger partial charge in [0.25, 0.3) is 17.1 Å². The van der Waals surface area contributed by atoms with Gasteiger partial charge in [-0.05, 0) is 39.0 Å². The molecular formula is C22H23N6O2+. The number of carbonyl (C=O) groups excluding carboxylic acids is 1. The van der Waals surface area contributed by atoms with Gasteiger partial charge in [0.15, 0.2) is 0 Å². The Hall–Kier alpha value is -3.81. The van der Waals surface area contributed by atoms with Crippen LogP contribution < -0.4 is 21.2 Å². The average Bonchev–Trinajstić information content (AvgIpc) is 2.71. The molecule has 4 heterocycles. The summed E-state index contributed by atoms with van der Waals surface area (Å²) in [5, 5.41) is 3.17. The fourth-order valence-corrected chi connectivity index (χ4v) is 3.47. The molecular weight excluding hydrogens is 380 g/mol. The molecule has 152 valence electrons. The third-order valence-corrected chi connectivity index (χ3v) is 4.90. The van der Waals surface area contributed by atoms with Crippen LogP contribution in [0.2, 0.25) is 0 Å². The maximum absolute atomic E-state index is 13.3. The summed E-state index contributed by atoms with van der Waals surface area (Å²) in [4.78, 5) is 35.0. The maximum Gasteiger partial charge on any atom is 0.278 e. The number of nitrogens with zero attached hydrogens (tertiary/aromatic N) is 4. The third-order valence-electron chi connectivity index (χ3n) is 4.90. The van der Waals surface area contributed by atoms with E-state index < -0.39 is 0 Å². The van der Waals surface area contributed by atoms with E-state index in [4.69, 9.17) is 10.7 Å². The van der Waals surface area contributed by atoms with E-state index in [1.807, 2.05) is 39.0 Å². The second kappa shape index (κ2) is 7.55. The minimum atomic E-state index is -0.335. The van der Waals surface area contributed by atoms with Gasteiger partial charge >= 0.3 is 0 Å². The number of nitrogens with two attached hydrogens (primary N) is 1. The molecule has 0 spiro atoms. The number of hydrogen-bond donors (Lipinski definition) is 2. The number of anilines is 1. The highest BCUT2D eigenvalue weighted by Crippen LogP contribution is 2.16. The highest BCUT2D eigenvalue weighted by molar-refractivity contribution is 6.00. The lowest BCUT2D eigenvalue weighted by molar-refractivity contribution is -0.649. The first-order valence-electron chi connectivity index (χ1n) is 9.70. The van der Waals surface area contributed by atoms with Crippen LogP contribution in [0.25, 0.3) is 16.7 Å². The molecule has 4 aromatic heterocycles. The first-order valence-corrected chi connectivity index (χ1v) is 9.70. The summed E-state index contributed by atoms with van der Waals surface area (Å²) < 4.78 is 3.20. The Morgan fingerprint density at radius 3 is 2.80 bits per heavy atom. The predicted molar refractivity (Wildman–Crippen MR) is 114 cm³/mol. The molecule has 0 aromatic carbocycles. The Balaban J connectivity index is 2.07. The van der Waals surface area contributed by atoms with E-state index in [9.17, 15) is 9.59 Å². The number of hydrogen-bond acceptors (Lipinski definition) is 5. The number of nitrogen functional groups attached to an aromatic ring is 1. The van der Waals surface area contributed by atoms with Crippen molar-refractivity contribution in [1.82, 2.24) is 19.7 Å². The molecule has 4 aromatic rings. The zero-order valence-electron chi connectivity index (χ0n) is 17.1. The summed E-state index contributed by atoms with van der Waals surface area (Å²) in [6, 6.07) is 8.89. The Morgan fingerprint density at radius 2 is 2.10 bits per heavy atom. The largest absolute Gasteiger partial charge is 0.350 e. The molecule has 3 N–H and O–H groups in total. The van der Waals surface area contributed by atoms with E-state index in [2.05, 4.69) is 10.3 Å². The highest BCUT2D eigenvalue weighted by atomic mass is 16.2. The number of rotatable bonds is 4. The SMILES string of the molecule is Cc1cccn2c(=O)c3cc(C(=O)NC(C)C)c(N)[n+](Cc4cccnc4)c3nc12. The molecule has 8 heteroatoms. The molecule has 0 atom stereocenters. The summed E-state index contributed by atoms with van der Waals surface area (Å²) >= 11 is 0. The smallest absolute Gasteiger partial charge is 0.278 e. The summed E-state index contributed by atoms with van der Waals surface area (Å²) in [6.07, 6.45) is 5.08. The van der Waals surface area contributed by atoms with Crippen molar-refractivity contribution >= 4 is 28.4 Å². The third kappa shape index (κ3) is 3.36. The van der Waals surface area contributed by atoms with Crippen molar-refractivity contribution in [3.63, 3.8) is 0 Å². The lowest BCUT2D eigenvalue weighted by Crippen LogP contribution is -2.43. The maximum atomic E-state index is 13.3. The molecule has 0 saturated carbocycles. The van der Waals surface area contributed by atoms with Crippen molar-refractivity contribution < 1.29 is 9.36 Å². The molecule has 0 bridgehead atoms. The van der Waals surface area contributed by atoms with Crippen LogP contribution in [0.1, 0.15) is 35.3 Å². The first kappa shape index (κ1) is 19.5. The van der Waals surface area contributed by atoms with Crippen LogP contribution in [-0.2, 0) is 6.54 Å². The molecule has 0 aliphatic rings. The van der Waals surface area contributed by atoms with Crippen LogP contribution in [0.5, 0.6) is 0 Å². The molecule has 4 rings (SSSR count). The van der Waals surface area contributed by atoms with Gasteiger partial charge < -0.3 is 11.1 Å². The Bertz CT molecular complexity index is 1330. The second-order valence-electron chi connectivity index (χ2n) is 7.56. The molecule has 0 aliphatic heterocycles. The van der Waals surface area contributed by atoms with Crippen LogP contribution in [0, 0.1) is 6.92 Å². The van der Waals surface area contributed by atoms with E-state index in [0.29, 0.717) is 23.2 Å². The Morgan fingerprint density at radius 1 is 1.30 bits per heavy atom. The van der Waals surface area contributed by atoms with Gasteiger partial charge in [-0.25, -0.2) is 4.57 Å². The van der Waals surface area contributed by atoms with E-state index in [-0.39, 0.29) is 28.9 Å². The summed E-state index contributed by atoms with van der Waals surface area (Å²) in [6.45, 7) is 5.96. The summed E-state index contributed by atoms with van der Waals surface area (Å²) in [5.74, 6) is -0.0904. The van der Waals surface area contributed by atoms with E-state index in [0.717, 1.165) is 11.1 Å². The van der Waals surface area contributed by atoms with Crippen molar-refractivity contribution in [3.8, 4) is 0 Å². The molecule has 0 unspecified atom stereocenters. The van der Waals surface area contributed by atoms with Crippen LogP contribution in [0.4, 0.5) is 5.82 Å². The van der Waals surface area contributed by atoms with Crippen LogP contribution in [0.3, 0.4) is 0 Å². The predicted octanol–water partition coefficient (Wildman–Crippen LogP) is 1.61. The van der Waals surface area contributed by atoms with Crippen LogP contribution in [0.15, 0.2) is 53.7 Å². The molecule has 0 radical (unpaired) electrons. The zero-order chi connectivity index (χ0) is 21.4. The number of aromatic nitrogens is 4. The normalized spacial score (nSPS) is 11.3. The monoisotopic (exact) mass is 403 g/mol. The fraction of sp³-hybridized carbons (Fsp3) is 0.227. The number of pyridine rings is 3. The number of amides is 1. The van der Waals surface area contributed by atoms with Gasteiger partial charge in [-0.1, -0.05) is 17.1 Å². The first-order chi connectivity index (χ1) is 14.4. The number of nitrogens with one attached hydrogen (secondary N) is 1. The Labute approximate surface area is 173 Å². The zero-order valence-corrected chi connectivity index (χ0v) is 17.1. The molecule has 0 aliphatic carbocycles. The van der Waals surface area contributed by atoms with Gasteiger partial charge in [0.2, 0.25) is 11.5 Å². The molecule has 30 heavy (non-hydrogen) atoms. The van der Waals surface area contributed by atoms with Crippen molar-refractivity contribution in [3.05, 3.63) is 76.0 Å². The fourth-order valence-electron chi connectivity index (χ4n) is 3.47. The minimum Gasteiger partial charge on any atom is -0.350 e. The van der Waals surface area contributed by atoms with Gasteiger partial charge in [0.1, 0.15) is 10.9 Å². The highest BCUT2D eigenvalue weighted by Gasteiger charge is 2.25. The quantitative estimate of drug-likeness (QED) is 0.398. The van der Waals surface area contributed by atoms with Crippen molar-refractivity contribution in [1.29, 1.82) is 0 Å². The van der Waals surface area contributed by atoms with Crippen molar-refractivity contribution in [2.45, 2.75) is 33.4 Å². The van der Waals surface area contributed by atoms with Crippen molar-refractivity contribution in [2.24, 2.45) is 0 Å². The standard InChI is InChI=1S/C22H22N6O2/c1-13(2)25-21(29)16-10-17-20(26-19-14(3)6-5-9-27(19)22(17)30)28(18(16)23)12-15-7-4-8-24-11-15/h4-11,13,23H,12H2,1-3H3,(H,25,29)/p+1. The summed E-state index contributed by atoms with van der Waals surface area (Å²) in [7, 11) is 0. The average molecular weight is 403 g/mol. The molecule has 0 saturated heterocycles. The van der Waals surface area contributed by atoms with Gasteiger partial charge in [-0.2, -0.15) is 0 Å². The van der Waals surface area contributed by atoms with E-state index >= 15 is 0 Å². The van der Waals surface area contributed by atoms with Gasteiger partial charge in [0.05, 0.1) is 6.54 Å². The van der Waals surface area contributed by atoms with Gasteiger partial charge in [-0.15, -0.1) is 0 Å².